The fraction of sp³-hybridized carbons (Fsp3) is 0.148. The second kappa shape index (κ2) is 9.00. The van der Waals surface area contributed by atoms with Gasteiger partial charge in [-0.25, -0.2) is 9.07 Å². The lowest BCUT2D eigenvalue weighted by molar-refractivity contribution is -0.118. The highest BCUT2D eigenvalue weighted by Crippen LogP contribution is 2.40. The van der Waals surface area contributed by atoms with Gasteiger partial charge < -0.3 is 10.6 Å². The molecule has 8 heteroatoms. The zero-order chi connectivity index (χ0) is 24.7. The lowest BCUT2D eigenvalue weighted by Gasteiger charge is -2.33. The van der Waals surface area contributed by atoms with Crippen LogP contribution in [0.15, 0.2) is 72.8 Å². The number of anilines is 1. The largest absolute Gasteiger partial charge is 0.339 e. The first-order valence-corrected chi connectivity index (χ1v) is 11.5. The topological polar surface area (TPSA) is 76.0 Å². The van der Waals surface area contributed by atoms with Gasteiger partial charge in [0.1, 0.15) is 17.7 Å². The first-order chi connectivity index (χ1) is 16.8. The summed E-state index contributed by atoms with van der Waals surface area (Å²) in [6, 6.07) is 19.4. The molecule has 0 aliphatic carbocycles. The van der Waals surface area contributed by atoms with Crippen molar-refractivity contribution < 1.29 is 14.0 Å². The zero-order valence-electron chi connectivity index (χ0n) is 19.0. The average molecular weight is 489 g/mol. The summed E-state index contributed by atoms with van der Waals surface area (Å²) in [5.74, 6) is -1.27. The Bertz CT molecular complexity index is 1430. The molecule has 1 aliphatic heterocycles. The van der Waals surface area contributed by atoms with Gasteiger partial charge in [-0.15, -0.1) is 0 Å². The Hall–Kier alpha value is -3.97. The summed E-state index contributed by atoms with van der Waals surface area (Å²) in [6.07, 6.45) is 0. The van der Waals surface area contributed by atoms with Crippen molar-refractivity contribution in [2.45, 2.75) is 25.8 Å². The number of halogens is 2. The first kappa shape index (κ1) is 22.8. The number of nitrogens with one attached hydrogen (secondary N) is 2. The van der Waals surface area contributed by atoms with Crippen molar-refractivity contribution in [1.29, 1.82) is 0 Å². The van der Waals surface area contributed by atoms with Gasteiger partial charge >= 0.3 is 0 Å². The number of carbonyl (C=O) groups excluding carboxylic acids is 2. The second-order valence-corrected chi connectivity index (χ2v) is 8.94. The maximum absolute atomic E-state index is 13.8. The average Bonchev–Trinajstić information content (AvgIpc) is 3.18. The molecule has 0 radical (unpaired) electrons. The molecule has 35 heavy (non-hydrogen) atoms. The van der Waals surface area contributed by atoms with Crippen LogP contribution in [0.2, 0.25) is 5.02 Å². The summed E-state index contributed by atoms with van der Waals surface area (Å²) in [5, 5.41) is 10.9. The Morgan fingerprint density at radius 3 is 2.46 bits per heavy atom. The smallest absolute Gasteiger partial charge is 0.252 e. The number of carbonyl (C=O) groups is 2. The lowest BCUT2D eigenvalue weighted by Crippen LogP contribution is -2.50. The number of aryl methyl sites for hydroxylation is 2. The molecule has 0 saturated heterocycles. The number of hydrogen-bond donors (Lipinski definition) is 2. The summed E-state index contributed by atoms with van der Waals surface area (Å²) in [4.78, 5) is 26.6. The molecule has 0 saturated carbocycles. The van der Waals surface area contributed by atoms with Crippen LogP contribution < -0.4 is 10.6 Å². The molecule has 0 spiro atoms. The number of fused-ring (bicyclic) bond motifs is 1. The van der Waals surface area contributed by atoms with E-state index in [4.69, 9.17) is 11.6 Å². The fourth-order valence-corrected chi connectivity index (χ4v) is 4.62. The van der Waals surface area contributed by atoms with E-state index >= 15 is 0 Å². The Labute approximate surface area is 206 Å². The standard InChI is InChI=1S/C27H22ClFN4O2/c1-15-8-9-18(14-21(15)28)26(34)30-24-23(17-10-12-19(29)13-11-17)22-16(2)32-33(25(22)31-27(24)35)20-6-4-3-5-7-20/h3-14,23-24H,1-2H3,(H,30,34)(H,31,35)/t23-,24?/m0/s1. The molecule has 2 heterocycles. The zero-order valence-corrected chi connectivity index (χ0v) is 19.8. The molecule has 5 rings (SSSR count). The fourth-order valence-electron chi connectivity index (χ4n) is 4.44. The third kappa shape index (κ3) is 4.19. The van der Waals surface area contributed by atoms with E-state index in [1.165, 1.54) is 12.1 Å². The van der Waals surface area contributed by atoms with Crippen molar-refractivity contribution in [3.05, 3.63) is 112 Å². The van der Waals surface area contributed by atoms with E-state index in [1.54, 1.807) is 35.0 Å². The Balaban J connectivity index is 1.61. The van der Waals surface area contributed by atoms with E-state index in [0.717, 1.165) is 16.8 Å². The molecule has 0 fully saturated rings. The van der Waals surface area contributed by atoms with E-state index < -0.39 is 23.8 Å². The van der Waals surface area contributed by atoms with Gasteiger partial charge in [0.25, 0.3) is 5.91 Å². The predicted molar refractivity (Wildman–Crippen MR) is 133 cm³/mol. The lowest BCUT2D eigenvalue weighted by atomic mass is 9.82. The van der Waals surface area contributed by atoms with Gasteiger partial charge in [-0.3, -0.25) is 9.59 Å². The van der Waals surface area contributed by atoms with E-state index in [-0.39, 0.29) is 5.82 Å². The maximum Gasteiger partial charge on any atom is 0.252 e. The summed E-state index contributed by atoms with van der Waals surface area (Å²) >= 11 is 6.21. The molecule has 1 aliphatic rings. The van der Waals surface area contributed by atoms with Crippen LogP contribution in [0.3, 0.4) is 0 Å². The van der Waals surface area contributed by atoms with Crippen molar-refractivity contribution in [2.75, 3.05) is 5.32 Å². The van der Waals surface area contributed by atoms with Crippen LogP contribution in [0, 0.1) is 19.7 Å². The predicted octanol–water partition coefficient (Wildman–Crippen LogP) is 5.16. The minimum atomic E-state index is -0.951. The molecule has 1 aromatic heterocycles. The third-order valence-electron chi connectivity index (χ3n) is 6.23. The molecule has 2 amide bonds. The highest BCUT2D eigenvalue weighted by Gasteiger charge is 2.41. The molecule has 4 aromatic rings. The van der Waals surface area contributed by atoms with Crippen LogP contribution in [-0.2, 0) is 4.79 Å². The normalized spacial score (nSPS) is 17.0. The van der Waals surface area contributed by atoms with Crippen molar-refractivity contribution >= 4 is 29.2 Å². The van der Waals surface area contributed by atoms with Crippen molar-refractivity contribution in [2.24, 2.45) is 0 Å². The number of aromatic nitrogens is 2. The molecule has 3 aromatic carbocycles. The van der Waals surface area contributed by atoms with E-state index in [0.29, 0.717) is 27.7 Å². The number of amides is 2. The quantitative estimate of drug-likeness (QED) is 0.416. The van der Waals surface area contributed by atoms with Crippen molar-refractivity contribution in [1.82, 2.24) is 15.1 Å². The highest BCUT2D eigenvalue weighted by molar-refractivity contribution is 6.31. The second-order valence-electron chi connectivity index (χ2n) is 8.53. The molecule has 2 N–H and O–H groups in total. The number of hydrogen-bond acceptors (Lipinski definition) is 3. The number of nitrogens with zero attached hydrogens (tertiary/aromatic N) is 2. The van der Waals surface area contributed by atoms with Crippen molar-refractivity contribution in [3.8, 4) is 5.69 Å². The van der Waals surface area contributed by atoms with Gasteiger partial charge in [0.15, 0.2) is 0 Å². The SMILES string of the molecule is Cc1ccc(C(=O)NC2C(=O)Nc3c(c(C)nn3-c3ccccc3)[C@@H]2c2ccc(F)cc2)cc1Cl. The third-order valence-corrected chi connectivity index (χ3v) is 6.63. The molecule has 2 atom stereocenters. The summed E-state index contributed by atoms with van der Waals surface area (Å²) in [5.41, 5.74) is 4.10. The highest BCUT2D eigenvalue weighted by atomic mass is 35.5. The van der Waals surface area contributed by atoms with Crippen molar-refractivity contribution in [3.63, 3.8) is 0 Å². The van der Waals surface area contributed by atoms with Gasteiger partial charge in [0, 0.05) is 22.1 Å². The Kier molecular flexibility index (Phi) is 5.86. The summed E-state index contributed by atoms with van der Waals surface area (Å²) in [6.45, 7) is 3.70. The Morgan fingerprint density at radius 1 is 1.06 bits per heavy atom. The number of rotatable bonds is 4. The van der Waals surface area contributed by atoms with Crippen LogP contribution in [0.1, 0.15) is 38.7 Å². The molecular formula is C27H22ClFN4O2. The number of benzene rings is 3. The van der Waals surface area contributed by atoms with E-state index in [9.17, 15) is 14.0 Å². The van der Waals surface area contributed by atoms with Crippen LogP contribution in [-0.4, -0.2) is 27.6 Å². The van der Waals surface area contributed by atoms with Crippen LogP contribution >= 0.6 is 11.6 Å². The van der Waals surface area contributed by atoms with E-state index in [2.05, 4.69) is 15.7 Å². The molecule has 176 valence electrons. The minimum absolute atomic E-state index is 0.341. The number of para-hydroxylation sites is 1. The Morgan fingerprint density at radius 2 is 1.77 bits per heavy atom. The first-order valence-electron chi connectivity index (χ1n) is 11.1. The molecule has 0 bridgehead atoms. The maximum atomic E-state index is 13.8. The van der Waals surface area contributed by atoms with Gasteiger partial charge in [0.2, 0.25) is 5.91 Å². The minimum Gasteiger partial charge on any atom is -0.339 e. The molecular weight excluding hydrogens is 467 g/mol. The summed E-state index contributed by atoms with van der Waals surface area (Å²) < 4.78 is 15.4. The van der Waals surface area contributed by atoms with Gasteiger partial charge in [-0.05, 0) is 61.4 Å². The molecule has 1 unspecified atom stereocenters. The van der Waals surface area contributed by atoms with E-state index in [1.807, 2.05) is 44.2 Å². The summed E-state index contributed by atoms with van der Waals surface area (Å²) in [7, 11) is 0. The molecule has 6 nitrogen and oxygen atoms in total. The van der Waals surface area contributed by atoms with Gasteiger partial charge in [-0.1, -0.05) is 48.0 Å². The van der Waals surface area contributed by atoms with Gasteiger partial charge in [0.05, 0.1) is 11.4 Å². The van der Waals surface area contributed by atoms with Gasteiger partial charge in [-0.2, -0.15) is 5.10 Å². The monoisotopic (exact) mass is 488 g/mol. The van der Waals surface area contributed by atoms with Crippen LogP contribution in [0.5, 0.6) is 0 Å². The van der Waals surface area contributed by atoms with Crippen LogP contribution in [0.25, 0.3) is 5.69 Å². The van der Waals surface area contributed by atoms with Crippen LogP contribution in [0.4, 0.5) is 10.2 Å².